The first-order valence-electron chi connectivity index (χ1n) is 9.63. The van der Waals surface area contributed by atoms with Gasteiger partial charge in [-0.15, -0.1) is 0 Å². The third-order valence-corrected chi connectivity index (χ3v) is 7.94. The van der Waals surface area contributed by atoms with E-state index in [1.165, 1.54) is 35.5 Å². The largest absolute Gasteiger partial charge is 0.497 e. The van der Waals surface area contributed by atoms with Gasteiger partial charge in [-0.05, 0) is 48.0 Å². The Morgan fingerprint density at radius 2 is 1.78 bits per heavy atom. The molecular formula is C23H19BrN2O4S2. The van der Waals surface area contributed by atoms with Gasteiger partial charge in [0.2, 0.25) is 5.91 Å². The fourth-order valence-corrected chi connectivity index (χ4v) is 5.87. The summed E-state index contributed by atoms with van der Waals surface area (Å²) < 4.78 is 32.8. The Kier molecular flexibility index (Phi) is 6.59. The van der Waals surface area contributed by atoms with Crippen molar-refractivity contribution in [3.05, 3.63) is 82.8 Å². The molecule has 4 aromatic rings. The summed E-state index contributed by atoms with van der Waals surface area (Å²) in [5, 5.41) is 0.455. The van der Waals surface area contributed by atoms with E-state index >= 15 is 0 Å². The summed E-state index contributed by atoms with van der Waals surface area (Å²) in [7, 11) is -2.34. The Morgan fingerprint density at radius 3 is 2.47 bits per heavy atom. The lowest BCUT2D eigenvalue weighted by atomic mass is 10.2. The summed E-state index contributed by atoms with van der Waals surface area (Å²) in [6.45, 7) is 0.221. The van der Waals surface area contributed by atoms with Gasteiger partial charge in [-0.3, -0.25) is 9.69 Å². The number of rotatable bonds is 7. The van der Waals surface area contributed by atoms with Crippen LogP contribution in [0.1, 0.15) is 5.56 Å². The normalized spacial score (nSPS) is 11.4. The summed E-state index contributed by atoms with van der Waals surface area (Å²) >= 11 is 4.79. The minimum Gasteiger partial charge on any atom is -0.497 e. The topological polar surface area (TPSA) is 76.6 Å². The molecule has 4 rings (SSSR count). The van der Waals surface area contributed by atoms with Crippen molar-refractivity contribution in [1.29, 1.82) is 0 Å². The molecule has 1 heterocycles. The zero-order valence-electron chi connectivity index (χ0n) is 17.1. The van der Waals surface area contributed by atoms with E-state index in [-0.39, 0.29) is 11.4 Å². The molecule has 0 atom stereocenters. The highest BCUT2D eigenvalue weighted by molar-refractivity contribution is 9.10. The second kappa shape index (κ2) is 9.40. The van der Waals surface area contributed by atoms with Gasteiger partial charge < -0.3 is 4.74 Å². The maximum Gasteiger partial charge on any atom is 0.244 e. The second-order valence-electron chi connectivity index (χ2n) is 7.01. The molecule has 32 heavy (non-hydrogen) atoms. The lowest BCUT2D eigenvalue weighted by Crippen LogP contribution is -2.35. The highest BCUT2D eigenvalue weighted by Gasteiger charge is 2.27. The van der Waals surface area contributed by atoms with E-state index < -0.39 is 21.5 Å². The first-order chi connectivity index (χ1) is 15.4. The van der Waals surface area contributed by atoms with Crippen LogP contribution >= 0.6 is 27.3 Å². The van der Waals surface area contributed by atoms with E-state index in [2.05, 4.69) is 20.9 Å². The Labute approximate surface area is 198 Å². The molecule has 1 amide bonds. The van der Waals surface area contributed by atoms with Crippen LogP contribution in [0.3, 0.4) is 0 Å². The zero-order valence-corrected chi connectivity index (χ0v) is 20.3. The average molecular weight is 531 g/mol. The molecule has 3 aromatic carbocycles. The van der Waals surface area contributed by atoms with Crippen molar-refractivity contribution in [2.75, 3.05) is 17.8 Å². The van der Waals surface area contributed by atoms with Crippen molar-refractivity contribution in [1.82, 2.24) is 4.98 Å². The van der Waals surface area contributed by atoms with E-state index in [1.54, 1.807) is 12.1 Å². The van der Waals surface area contributed by atoms with Gasteiger partial charge in [0.15, 0.2) is 15.0 Å². The van der Waals surface area contributed by atoms with Crippen LogP contribution in [0.4, 0.5) is 5.13 Å². The number of sulfone groups is 1. The van der Waals surface area contributed by atoms with Crippen LogP contribution in [-0.2, 0) is 21.2 Å². The van der Waals surface area contributed by atoms with Crippen LogP contribution in [0, 0.1) is 0 Å². The van der Waals surface area contributed by atoms with Crippen LogP contribution in [0.15, 0.2) is 82.2 Å². The maximum atomic E-state index is 13.3. The molecule has 9 heteroatoms. The minimum atomic E-state index is -3.84. The monoisotopic (exact) mass is 530 g/mol. The van der Waals surface area contributed by atoms with E-state index in [4.69, 9.17) is 4.74 Å². The van der Waals surface area contributed by atoms with Crippen LogP contribution < -0.4 is 9.64 Å². The van der Waals surface area contributed by atoms with Gasteiger partial charge in [0.05, 0.1) is 28.8 Å². The number of benzene rings is 3. The number of hydrogen-bond acceptors (Lipinski definition) is 6. The average Bonchev–Trinajstić information content (AvgIpc) is 3.20. The summed E-state index contributed by atoms with van der Waals surface area (Å²) in [6, 6.07) is 21.1. The molecule has 0 aliphatic carbocycles. The maximum absolute atomic E-state index is 13.3. The van der Waals surface area contributed by atoms with Gasteiger partial charge >= 0.3 is 0 Å². The molecule has 0 saturated heterocycles. The standard InChI is InChI=1S/C23H19BrN2O4S2/c1-30-18-8-10-19(11-9-18)32(28,29)15-22(27)26(14-16-5-3-2-4-6-16)23-25-20-12-7-17(24)13-21(20)31-23/h2-13H,14-15H2,1H3. The predicted molar refractivity (Wildman–Crippen MR) is 130 cm³/mol. The number of carbonyl (C=O) groups excluding carboxylic acids is 1. The SMILES string of the molecule is COc1ccc(S(=O)(=O)CC(=O)N(Cc2ccccc2)c2nc3ccc(Br)cc3s2)cc1. The summed E-state index contributed by atoms with van der Waals surface area (Å²) in [6.07, 6.45) is 0. The van der Waals surface area contributed by atoms with Crippen molar-refractivity contribution in [3.63, 3.8) is 0 Å². The smallest absolute Gasteiger partial charge is 0.244 e. The summed E-state index contributed by atoms with van der Waals surface area (Å²) in [5.41, 5.74) is 1.63. The first-order valence-corrected chi connectivity index (χ1v) is 12.9. The van der Waals surface area contributed by atoms with E-state index in [9.17, 15) is 13.2 Å². The molecule has 0 radical (unpaired) electrons. The molecule has 164 valence electrons. The second-order valence-corrected chi connectivity index (χ2v) is 10.9. The molecule has 0 unspecified atom stereocenters. The quantitative estimate of drug-likeness (QED) is 0.333. The van der Waals surface area contributed by atoms with Gasteiger partial charge in [-0.1, -0.05) is 57.6 Å². The Bertz CT molecular complexity index is 1350. The van der Waals surface area contributed by atoms with Gasteiger partial charge in [-0.2, -0.15) is 0 Å². The van der Waals surface area contributed by atoms with Crippen molar-refractivity contribution < 1.29 is 17.9 Å². The van der Waals surface area contributed by atoms with Crippen molar-refractivity contribution in [2.24, 2.45) is 0 Å². The van der Waals surface area contributed by atoms with Crippen molar-refractivity contribution in [3.8, 4) is 5.75 Å². The number of anilines is 1. The minimum absolute atomic E-state index is 0.0690. The molecule has 0 saturated carbocycles. The van der Waals surface area contributed by atoms with Gasteiger partial charge in [0.25, 0.3) is 0 Å². The number of fused-ring (bicyclic) bond motifs is 1. The molecular weight excluding hydrogens is 512 g/mol. The number of methoxy groups -OCH3 is 1. The van der Waals surface area contributed by atoms with Crippen LogP contribution in [0.25, 0.3) is 10.2 Å². The number of ether oxygens (including phenoxy) is 1. The first kappa shape index (κ1) is 22.4. The Morgan fingerprint density at radius 1 is 1.06 bits per heavy atom. The summed E-state index contributed by atoms with van der Waals surface area (Å²) in [5.74, 6) is -0.657. The molecule has 0 aliphatic heterocycles. The molecule has 0 spiro atoms. The Balaban J connectivity index is 1.67. The number of thiazole rings is 1. The van der Waals surface area contributed by atoms with Crippen molar-refractivity contribution in [2.45, 2.75) is 11.4 Å². The number of aromatic nitrogens is 1. The molecule has 1 aromatic heterocycles. The number of nitrogens with zero attached hydrogens (tertiary/aromatic N) is 2. The fourth-order valence-electron chi connectivity index (χ4n) is 3.14. The third kappa shape index (κ3) is 5.01. The van der Waals surface area contributed by atoms with Crippen LogP contribution in [0.2, 0.25) is 0 Å². The number of carbonyl (C=O) groups is 1. The molecule has 0 bridgehead atoms. The molecule has 0 fully saturated rings. The third-order valence-electron chi connectivity index (χ3n) is 4.79. The van der Waals surface area contributed by atoms with Gasteiger partial charge in [0, 0.05) is 4.47 Å². The lowest BCUT2D eigenvalue weighted by Gasteiger charge is -2.20. The Hall–Kier alpha value is -2.75. The van der Waals surface area contributed by atoms with E-state index in [1.807, 2.05) is 48.5 Å². The van der Waals surface area contributed by atoms with Crippen LogP contribution in [0.5, 0.6) is 5.75 Å². The summed E-state index contributed by atoms with van der Waals surface area (Å²) in [4.78, 5) is 19.4. The predicted octanol–water partition coefficient (Wildman–Crippen LogP) is 5.07. The number of amides is 1. The van der Waals surface area contributed by atoms with E-state index in [0.717, 1.165) is 20.3 Å². The molecule has 0 N–H and O–H groups in total. The fraction of sp³-hybridized carbons (Fsp3) is 0.130. The molecule has 0 aliphatic rings. The molecule has 6 nitrogen and oxygen atoms in total. The van der Waals surface area contributed by atoms with Crippen molar-refractivity contribution >= 4 is 58.4 Å². The van der Waals surface area contributed by atoms with E-state index in [0.29, 0.717) is 10.9 Å². The highest BCUT2D eigenvalue weighted by atomic mass is 79.9. The van der Waals surface area contributed by atoms with Gasteiger partial charge in [0.1, 0.15) is 11.5 Å². The lowest BCUT2D eigenvalue weighted by molar-refractivity contribution is -0.116. The van der Waals surface area contributed by atoms with Crippen LogP contribution in [-0.4, -0.2) is 32.2 Å². The number of halogens is 1. The van der Waals surface area contributed by atoms with Gasteiger partial charge in [-0.25, -0.2) is 13.4 Å². The number of hydrogen-bond donors (Lipinski definition) is 0. The highest BCUT2D eigenvalue weighted by Crippen LogP contribution is 2.32. The zero-order chi connectivity index (χ0) is 22.7.